The molecule has 0 fully saturated rings. The number of nitrogens with zero attached hydrogens (tertiary/aromatic N) is 1. The van der Waals surface area contributed by atoms with Crippen molar-refractivity contribution in [1.82, 2.24) is 4.90 Å². The van der Waals surface area contributed by atoms with Crippen LogP contribution in [0, 0.1) is 0 Å². The van der Waals surface area contributed by atoms with Crippen LogP contribution in [-0.4, -0.2) is 28.1 Å². The highest BCUT2D eigenvalue weighted by molar-refractivity contribution is 5.99. The van der Waals surface area contributed by atoms with Gasteiger partial charge >= 0.3 is 0 Å². The molecule has 0 aliphatic carbocycles. The normalized spacial score (nSPS) is 11.4. The first-order valence-corrected chi connectivity index (χ1v) is 12.4. The molecular formula is C30H41NO3. The summed E-state index contributed by atoms with van der Waals surface area (Å²) in [4.78, 5) is 15.1. The Morgan fingerprint density at radius 3 is 2.38 bits per heavy atom. The lowest BCUT2D eigenvalue weighted by molar-refractivity contribution is 0.0780. The average molecular weight is 464 g/mol. The molecule has 2 aromatic rings. The van der Waals surface area contributed by atoms with Crippen LogP contribution in [0.15, 0.2) is 59.7 Å². The highest BCUT2D eigenvalue weighted by Crippen LogP contribution is 2.36. The number of hydrogen-bond donors (Lipinski definition) is 2. The van der Waals surface area contributed by atoms with E-state index in [4.69, 9.17) is 0 Å². The van der Waals surface area contributed by atoms with Gasteiger partial charge in [-0.1, -0.05) is 73.4 Å². The van der Waals surface area contributed by atoms with Crippen LogP contribution in [0.2, 0.25) is 0 Å². The Morgan fingerprint density at radius 1 is 1.03 bits per heavy atom. The summed E-state index contributed by atoms with van der Waals surface area (Å²) in [6.07, 6.45) is 10.2. The standard InChI is InChI=1S/C30H41NO3/c1-6-7-9-17-25-20-27(32)26(19-18-23(4)14-12-13-22(2)3)29(33)28(25)30(34)31(5)21-24-15-10-8-11-16-24/h8,10-11,13,15-16,18,20,32-33H,6-7,9,12,14,17,19,21H2,1-5H3/b23-18+. The average Bonchev–Trinajstić information content (AvgIpc) is 2.79. The number of rotatable bonds is 12. The largest absolute Gasteiger partial charge is 0.508 e. The van der Waals surface area contributed by atoms with E-state index >= 15 is 0 Å². The van der Waals surface area contributed by atoms with Crippen molar-refractivity contribution in [3.8, 4) is 11.5 Å². The number of allylic oxidation sites excluding steroid dienone is 4. The third-order valence-corrected chi connectivity index (χ3v) is 6.08. The molecular weight excluding hydrogens is 422 g/mol. The fraction of sp³-hybridized carbons (Fsp3) is 0.433. The van der Waals surface area contributed by atoms with Crippen LogP contribution in [-0.2, 0) is 19.4 Å². The molecule has 4 nitrogen and oxygen atoms in total. The van der Waals surface area contributed by atoms with Gasteiger partial charge in [0.25, 0.3) is 5.91 Å². The van der Waals surface area contributed by atoms with Crippen molar-refractivity contribution in [3.05, 3.63) is 82.0 Å². The van der Waals surface area contributed by atoms with Crippen molar-refractivity contribution in [2.45, 2.75) is 79.2 Å². The van der Waals surface area contributed by atoms with Gasteiger partial charge in [-0.2, -0.15) is 0 Å². The molecule has 4 heteroatoms. The summed E-state index contributed by atoms with van der Waals surface area (Å²) < 4.78 is 0. The molecule has 0 atom stereocenters. The minimum absolute atomic E-state index is 0.0552. The molecule has 0 aromatic heterocycles. The van der Waals surface area contributed by atoms with Gasteiger partial charge in [-0.3, -0.25) is 4.79 Å². The Balaban J connectivity index is 2.35. The number of unbranched alkanes of at least 4 members (excludes halogenated alkanes) is 2. The molecule has 2 N–H and O–H groups in total. The number of phenolic OH excluding ortho intramolecular Hbond substituents is 2. The first-order valence-electron chi connectivity index (χ1n) is 12.4. The van der Waals surface area contributed by atoms with Crippen molar-refractivity contribution >= 4 is 5.91 Å². The minimum atomic E-state index is -0.224. The van der Waals surface area contributed by atoms with E-state index in [9.17, 15) is 15.0 Å². The zero-order chi connectivity index (χ0) is 25.1. The molecule has 0 saturated carbocycles. The van der Waals surface area contributed by atoms with E-state index < -0.39 is 0 Å². The lowest BCUT2D eigenvalue weighted by Gasteiger charge is -2.22. The van der Waals surface area contributed by atoms with Gasteiger partial charge in [0, 0.05) is 19.2 Å². The Kier molecular flexibility index (Phi) is 10.9. The Hall–Kier alpha value is -3.01. The number of aryl methyl sites for hydroxylation is 1. The van der Waals surface area contributed by atoms with Crippen molar-refractivity contribution < 1.29 is 15.0 Å². The summed E-state index contributed by atoms with van der Waals surface area (Å²) in [6, 6.07) is 11.5. The molecule has 2 aromatic carbocycles. The van der Waals surface area contributed by atoms with Crippen molar-refractivity contribution in [2.24, 2.45) is 0 Å². The van der Waals surface area contributed by atoms with Gasteiger partial charge in [0.1, 0.15) is 11.5 Å². The molecule has 0 aliphatic heterocycles. The summed E-state index contributed by atoms with van der Waals surface area (Å²) in [6.45, 7) is 8.82. The first-order chi connectivity index (χ1) is 16.2. The van der Waals surface area contributed by atoms with E-state index in [0.29, 0.717) is 36.1 Å². The fourth-order valence-corrected chi connectivity index (χ4v) is 4.04. The van der Waals surface area contributed by atoms with Crippen LogP contribution in [0.25, 0.3) is 0 Å². The van der Waals surface area contributed by atoms with Gasteiger partial charge in [-0.15, -0.1) is 0 Å². The third-order valence-electron chi connectivity index (χ3n) is 6.08. The van der Waals surface area contributed by atoms with E-state index in [-0.39, 0.29) is 17.4 Å². The summed E-state index contributed by atoms with van der Waals surface area (Å²) in [5, 5.41) is 22.0. The summed E-state index contributed by atoms with van der Waals surface area (Å²) in [7, 11) is 1.75. The van der Waals surface area contributed by atoms with Crippen molar-refractivity contribution in [1.29, 1.82) is 0 Å². The number of benzene rings is 2. The zero-order valence-corrected chi connectivity index (χ0v) is 21.5. The molecule has 0 heterocycles. The Morgan fingerprint density at radius 2 is 1.74 bits per heavy atom. The summed E-state index contributed by atoms with van der Waals surface area (Å²) in [5.74, 6) is -0.261. The SMILES string of the molecule is CCCCCc1cc(O)c(C/C=C(\C)CCC=C(C)C)c(O)c1C(=O)N(C)Cc1ccccc1. The lowest BCUT2D eigenvalue weighted by atomic mass is 9.94. The molecule has 0 unspecified atom stereocenters. The lowest BCUT2D eigenvalue weighted by Crippen LogP contribution is -2.27. The highest BCUT2D eigenvalue weighted by atomic mass is 16.3. The van der Waals surface area contributed by atoms with E-state index in [1.54, 1.807) is 18.0 Å². The molecule has 2 rings (SSSR count). The number of phenols is 2. The number of aromatic hydroxyl groups is 2. The Labute approximate surface area is 205 Å². The molecule has 0 saturated heterocycles. The molecule has 184 valence electrons. The van der Waals surface area contributed by atoms with Gasteiger partial charge < -0.3 is 15.1 Å². The van der Waals surface area contributed by atoms with Gasteiger partial charge in [0.2, 0.25) is 0 Å². The first kappa shape index (κ1) is 27.2. The van der Waals surface area contributed by atoms with Crippen molar-refractivity contribution in [2.75, 3.05) is 7.05 Å². The van der Waals surface area contributed by atoms with Crippen LogP contribution >= 0.6 is 0 Å². The van der Waals surface area contributed by atoms with Crippen LogP contribution in [0.4, 0.5) is 0 Å². The Bertz CT molecular complexity index is 1000. The highest BCUT2D eigenvalue weighted by Gasteiger charge is 2.24. The van der Waals surface area contributed by atoms with E-state index in [0.717, 1.165) is 37.7 Å². The second-order valence-electron chi connectivity index (χ2n) is 9.44. The summed E-state index contributed by atoms with van der Waals surface area (Å²) in [5.41, 5.74) is 4.96. The van der Waals surface area contributed by atoms with E-state index in [1.807, 2.05) is 36.4 Å². The third kappa shape index (κ3) is 8.09. The van der Waals surface area contributed by atoms with E-state index in [2.05, 4.69) is 33.8 Å². The van der Waals surface area contributed by atoms with Crippen LogP contribution < -0.4 is 0 Å². The summed E-state index contributed by atoms with van der Waals surface area (Å²) >= 11 is 0. The van der Waals surface area contributed by atoms with E-state index in [1.165, 1.54) is 11.1 Å². The topological polar surface area (TPSA) is 60.8 Å². The monoisotopic (exact) mass is 463 g/mol. The maximum atomic E-state index is 13.5. The zero-order valence-electron chi connectivity index (χ0n) is 21.5. The predicted molar refractivity (Wildman–Crippen MR) is 141 cm³/mol. The molecule has 0 radical (unpaired) electrons. The number of carbonyl (C=O) groups is 1. The number of carbonyl (C=O) groups excluding carboxylic acids is 1. The van der Waals surface area contributed by atoms with Gasteiger partial charge in [0.15, 0.2) is 0 Å². The fourth-order valence-electron chi connectivity index (χ4n) is 4.04. The van der Waals surface area contributed by atoms with Crippen LogP contribution in [0.5, 0.6) is 11.5 Å². The molecule has 34 heavy (non-hydrogen) atoms. The van der Waals surface area contributed by atoms with Crippen LogP contribution in [0.3, 0.4) is 0 Å². The predicted octanol–water partition coefficient (Wildman–Crippen LogP) is 7.34. The quantitative estimate of drug-likeness (QED) is 0.256. The smallest absolute Gasteiger partial charge is 0.257 e. The van der Waals surface area contributed by atoms with Gasteiger partial charge in [-0.05, 0) is 70.1 Å². The molecule has 1 amide bonds. The second-order valence-corrected chi connectivity index (χ2v) is 9.44. The van der Waals surface area contributed by atoms with Gasteiger partial charge in [0.05, 0.1) is 5.56 Å². The maximum absolute atomic E-state index is 13.5. The number of amides is 1. The molecule has 0 spiro atoms. The van der Waals surface area contributed by atoms with Crippen molar-refractivity contribution in [3.63, 3.8) is 0 Å². The number of hydrogen-bond acceptors (Lipinski definition) is 3. The molecule has 0 bridgehead atoms. The molecule has 0 aliphatic rings. The van der Waals surface area contributed by atoms with Crippen LogP contribution in [0.1, 0.15) is 86.8 Å². The minimum Gasteiger partial charge on any atom is -0.508 e. The second kappa shape index (κ2) is 13.6. The maximum Gasteiger partial charge on any atom is 0.257 e. The van der Waals surface area contributed by atoms with Gasteiger partial charge in [-0.25, -0.2) is 0 Å².